The fourth-order valence-corrected chi connectivity index (χ4v) is 3.72. The van der Waals surface area contributed by atoms with Gasteiger partial charge in [-0.2, -0.15) is 0 Å². The molecule has 4 nitrogen and oxygen atoms in total. The molecule has 17 heavy (non-hydrogen) atoms. The van der Waals surface area contributed by atoms with Gasteiger partial charge in [0.2, 0.25) is 0 Å². The Morgan fingerprint density at radius 1 is 1.35 bits per heavy atom. The van der Waals surface area contributed by atoms with Crippen LogP contribution in [0.2, 0.25) is 0 Å². The van der Waals surface area contributed by atoms with E-state index in [0.29, 0.717) is 5.92 Å². The number of halogens is 1. The fourth-order valence-electron chi connectivity index (χ4n) is 1.40. The zero-order valence-corrected chi connectivity index (χ0v) is 12.3. The van der Waals surface area contributed by atoms with Crippen molar-refractivity contribution in [3.63, 3.8) is 0 Å². The van der Waals surface area contributed by atoms with Crippen molar-refractivity contribution in [2.24, 2.45) is 0 Å². The van der Waals surface area contributed by atoms with Gasteiger partial charge in [-0.1, -0.05) is 11.3 Å². The third kappa shape index (κ3) is 2.83. The van der Waals surface area contributed by atoms with Crippen molar-refractivity contribution >= 4 is 39.0 Å². The SMILES string of the molecule is Cc1nnc(Sc2cc(Br)nc(C3CC3)n2)s1. The summed E-state index contributed by atoms with van der Waals surface area (Å²) < 4.78 is 1.77. The summed E-state index contributed by atoms with van der Waals surface area (Å²) in [4.78, 5) is 8.96. The highest BCUT2D eigenvalue weighted by Crippen LogP contribution is 2.39. The predicted octanol–water partition coefficient (Wildman–Crippen LogP) is 3.43. The lowest BCUT2D eigenvalue weighted by Gasteiger charge is -2.01. The number of hydrogen-bond acceptors (Lipinski definition) is 6. The maximum atomic E-state index is 4.56. The van der Waals surface area contributed by atoms with Gasteiger partial charge in [0.1, 0.15) is 20.5 Å². The van der Waals surface area contributed by atoms with Crippen molar-refractivity contribution in [1.29, 1.82) is 0 Å². The van der Waals surface area contributed by atoms with Gasteiger partial charge in [-0.15, -0.1) is 10.2 Å². The van der Waals surface area contributed by atoms with Gasteiger partial charge in [0.05, 0.1) is 0 Å². The maximum Gasteiger partial charge on any atom is 0.180 e. The van der Waals surface area contributed by atoms with Crippen LogP contribution in [0.1, 0.15) is 29.6 Å². The van der Waals surface area contributed by atoms with Crippen molar-refractivity contribution in [2.45, 2.75) is 35.0 Å². The number of rotatable bonds is 3. The molecule has 2 aromatic heterocycles. The van der Waals surface area contributed by atoms with Crippen molar-refractivity contribution < 1.29 is 0 Å². The van der Waals surface area contributed by atoms with Crippen LogP contribution in [-0.2, 0) is 0 Å². The van der Waals surface area contributed by atoms with Crippen molar-refractivity contribution in [3.05, 3.63) is 21.5 Å². The lowest BCUT2D eigenvalue weighted by atomic mass is 10.4. The van der Waals surface area contributed by atoms with E-state index in [1.54, 1.807) is 23.1 Å². The minimum atomic E-state index is 0.558. The van der Waals surface area contributed by atoms with Crippen molar-refractivity contribution in [3.8, 4) is 0 Å². The monoisotopic (exact) mass is 328 g/mol. The zero-order chi connectivity index (χ0) is 11.8. The zero-order valence-electron chi connectivity index (χ0n) is 9.05. The average molecular weight is 329 g/mol. The van der Waals surface area contributed by atoms with E-state index in [4.69, 9.17) is 0 Å². The van der Waals surface area contributed by atoms with E-state index in [2.05, 4.69) is 36.1 Å². The topological polar surface area (TPSA) is 51.6 Å². The maximum absolute atomic E-state index is 4.56. The molecule has 1 fully saturated rings. The van der Waals surface area contributed by atoms with Crippen LogP contribution in [0.3, 0.4) is 0 Å². The van der Waals surface area contributed by atoms with Crippen LogP contribution in [0.5, 0.6) is 0 Å². The Labute approximate surface area is 115 Å². The number of hydrogen-bond donors (Lipinski definition) is 0. The van der Waals surface area contributed by atoms with E-state index in [-0.39, 0.29) is 0 Å². The van der Waals surface area contributed by atoms with Gasteiger partial charge in [-0.3, -0.25) is 0 Å². The number of aromatic nitrogens is 4. The van der Waals surface area contributed by atoms with Crippen molar-refractivity contribution in [2.75, 3.05) is 0 Å². The molecule has 0 spiro atoms. The molecule has 0 saturated heterocycles. The second-order valence-corrected chi connectivity index (χ2v) is 7.11. The molecular formula is C10H9BrN4S2. The van der Waals surface area contributed by atoms with Gasteiger partial charge in [0.15, 0.2) is 4.34 Å². The summed E-state index contributed by atoms with van der Waals surface area (Å²) in [5.41, 5.74) is 0. The van der Waals surface area contributed by atoms with Crippen LogP contribution in [0.25, 0.3) is 0 Å². The Morgan fingerprint density at radius 3 is 2.82 bits per heavy atom. The smallest absolute Gasteiger partial charge is 0.180 e. The summed E-state index contributed by atoms with van der Waals surface area (Å²) >= 11 is 6.56. The summed E-state index contributed by atoms with van der Waals surface area (Å²) in [5, 5.41) is 9.99. The molecule has 1 saturated carbocycles. The van der Waals surface area contributed by atoms with E-state index in [1.165, 1.54) is 12.8 Å². The van der Waals surface area contributed by atoms with Gasteiger partial charge >= 0.3 is 0 Å². The Bertz CT molecular complexity index is 553. The van der Waals surface area contributed by atoms with Crippen molar-refractivity contribution in [1.82, 2.24) is 20.2 Å². The van der Waals surface area contributed by atoms with Crippen LogP contribution in [-0.4, -0.2) is 20.2 Å². The van der Waals surface area contributed by atoms with Gasteiger partial charge in [-0.05, 0) is 47.5 Å². The molecule has 0 aromatic carbocycles. The van der Waals surface area contributed by atoms with Crippen LogP contribution in [0.15, 0.2) is 20.0 Å². The molecule has 1 aliphatic carbocycles. The highest BCUT2D eigenvalue weighted by molar-refractivity contribution is 9.10. The van der Waals surface area contributed by atoms with E-state index in [9.17, 15) is 0 Å². The van der Waals surface area contributed by atoms with Crippen LogP contribution >= 0.6 is 39.0 Å². The Morgan fingerprint density at radius 2 is 2.18 bits per heavy atom. The minimum absolute atomic E-state index is 0.558. The first-order valence-corrected chi connectivity index (χ1v) is 7.66. The van der Waals surface area contributed by atoms with E-state index >= 15 is 0 Å². The first-order valence-electron chi connectivity index (χ1n) is 5.23. The fraction of sp³-hybridized carbons (Fsp3) is 0.400. The van der Waals surface area contributed by atoms with Crippen LogP contribution < -0.4 is 0 Å². The lowest BCUT2D eigenvalue weighted by Crippen LogP contribution is -1.94. The van der Waals surface area contributed by atoms with Crippen LogP contribution in [0, 0.1) is 6.92 Å². The molecule has 88 valence electrons. The number of nitrogens with zero attached hydrogens (tertiary/aromatic N) is 4. The molecule has 0 atom stereocenters. The molecule has 2 aromatic rings. The second kappa shape index (κ2) is 4.62. The first kappa shape index (κ1) is 11.6. The highest BCUT2D eigenvalue weighted by Gasteiger charge is 2.27. The molecule has 7 heteroatoms. The molecule has 0 N–H and O–H groups in total. The average Bonchev–Trinajstić information content (AvgIpc) is 3.03. The molecule has 3 rings (SSSR count). The largest absolute Gasteiger partial charge is 0.226 e. The third-order valence-electron chi connectivity index (χ3n) is 2.33. The molecule has 0 bridgehead atoms. The van der Waals surface area contributed by atoms with E-state index < -0.39 is 0 Å². The quantitative estimate of drug-likeness (QED) is 0.808. The summed E-state index contributed by atoms with van der Waals surface area (Å²) in [6.45, 7) is 1.95. The Balaban J connectivity index is 1.86. The second-order valence-electron chi connectivity index (χ2n) is 3.85. The summed E-state index contributed by atoms with van der Waals surface area (Å²) in [7, 11) is 0. The van der Waals surface area contributed by atoms with Gasteiger partial charge in [0, 0.05) is 12.0 Å². The minimum Gasteiger partial charge on any atom is -0.226 e. The molecular weight excluding hydrogens is 320 g/mol. The van der Waals surface area contributed by atoms with Gasteiger partial charge < -0.3 is 0 Å². The molecule has 2 heterocycles. The molecule has 0 unspecified atom stereocenters. The molecule has 0 aliphatic heterocycles. The number of aryl methyl sites for hydroxylation is 1. The summed E-state index contributed by atoms with van der Waals surface area (Å²) in [6.07, 6.45) is 2.41. The standard InChI is InChI=1S/C10H9BrN4S2/c1-5-14-15-10(16-5)17-8-4-7(11)12-9(13-8)6-2-3-6/h4,6H,2-3H2,1H3. The van der Waals surface area contributed by atoms with E-state index in [1.807, 2.05) is 13.0 Å². The Kier molecular flexibility index (Phi) is 3.14. The highest BCUT2D eigenvalue weighted by atomic mass is 79.9. The lowest BCUT2D eigenvalue weighted by molar-refractivity contribution is 0.865. The van der Waals surface area contributed by atoms with Crippen LogP contribution in [0.4, 0.5) is 0 Å². The first-order chi connectivity index (χ1) is 8.20. The third-order valence-corrected chi connectivity index (χ3v) is 4.54. The summed E-state index contributed by atoms with van der Waals surface area (Å²) in [6, 6.07) is 1.92. The molecule has 1 aliphatic rings. The normalized spacial score (nSPS) is 15.2. The van der Waals surface area contributed by atoms with Gasteiger partial charge in [0.25, 0.3) is 0 Å². The molecule has 0 radical (unpaired) electrons. The molecule has 0 amide bonds. The predicted molar refractivity (Wildman–Crippen MR) is 70.5 cm³/mol. The van der Waals surface area contributed by atoms with Gasteiger partial charge in [-0.25, -0.2) is 9.97 Å². The Hall–Kier alpha value is -0.530. The summed E-state index contributed by atoms with van der Waals surface area (Å²) in [5.74, 6) is 1.51. The van der Waals surface area contributed by atoms with E-state index in [0.717, 1.165) is 24.8 Å².